The van der Waals surface area contributed by atoms with E-state index in [-0.39, 0.29) is 17.4 Å². The normalized spacial score (nSPS) is 27.9. The van der Waals surface area contributed by atoms with E-state index in [0.717, 1.165) is 38.0 Å². The predicted octanol–water partition coefficient (Wildman–Crippen LogP) is 2.06. The molecule has 0 aromatic carbocycles. The standard InChI is InChI=1S/C19H28N4O2/c1-12-10-14(12)18(25)23-8-6-19(2,7-9-23)20-17(24)15-11-16(13-4-5-13)22(3)21-15/h11-14H,4-10H2,1-3H3,(H,20,24). The number of piperidine rings is 1. The topological polar surface area (TPSA) is 67.2 Å². The zero-order valence-electron chi connectivity index (χ0n) is 15.4. The summed E-state index contributed by atoms with van der Waals surface area (Å²) in [6.45, 7) is 5.68. The number of likely N-dealkylation sites (tertiary alicyclic amines) is 1. The fourth-order valence-electron chi connectivity index (χ4n) is 3.94. The summed E-state index contributed by atoms with van der Waals surface area (Å²) in [6, 6.07) is 1.93. The molecule has 2 atom stereocenters. The quantitative estimate of drug-likeness (QED) is 0.909. The van der Waals surface area contributed by atoms with Gasteiger partial charge in [0.15, 0.2) is 0 Å². The van der Waals surface area contributed by atoms with Gasteiger partial charge in [-0.05, 0) is 51.0 Å². The lowest BCUT2D eigenvalue weighted by Gasteiger charge is -2.40. The van der Waals surface area contributed by atoms with Crippen LogP contribution in [0.3, 0.4) is 0 Å². The van der Waals surface area contributed by atoms with Crippen LogP contribution in [0.25, 0.3) is 0 Å². The van der Waals surface area contributed by atoms with Crippen molar-refractivity contribution in [3.63, 3.8) is 0 Å². The molecule has 0 bridgehead atoms. The third kappa shape index (κ3) is 3.31. The molecule has 1 aromatic heterocycles. The molecule has 136 valence electrons. The van der Waals surface area contributed by atoms with Crippen molar-refractivity contribution in [2.75, 3.05) is 13.1 Å². The van der Waals surface area contributed by atoms with Crippen LogP contribution in [0.2, 0.25) is 0 Å². The summed E-state index contributed by atoms with van der Waals surface area (Å²) in [4.78, 5) is 27.0. The van der Waals surface area contributed by atoms with Crippen LogP contribution < -0.4 is 5.32 Å². The molecule has 1 aliphatic heterocycles. The van der Waals surface area contributed by atoms with Crippen molar-refractivity contribution in [3.05, 3.63) is 17.5 Å². The van der Waals surface area contributed by atoms with Gasteiger partial charge in [0, 0.05) is 43.2 Å². The minimum Gasteiger partial charge on any atom is -0.345 e. The minimum absolute atomic E-state index is 0.0967. The van der Waals surface area contributed by atoms with Crippen molar-refractivity contribution in [1.82, 2.24) is 20.0 Å². The summed E-state index contributed by atoms with van der Waals surface area (Å²) in [5.74, 6) is 1.58. The average molecular weight is 344 g/mol. The fraction of sp³-hybridized carbons (Fsp3) is 0.737. The molecule has 1 aromatic rings. The molecule has 2 unspecified atom stereocenters. The second-order valence-electron chi connectivity index (χ2n) is 8.51. The number of nitrogens with zero attached hydrogens (tertiary/aromatic N) is 3. The zero-order valence-corrected chi connectivity index (χ0v) is 15.4. The zero-order chi connectivity index (χ0) is 17.8. The Morgan fingerprint density at radius 1 is 1.28 bits per heavy atom. The Hall–Kier alpha value is -1.85. The van der Waals surface area contributed by atoms with Gasteiger partial charge in [0.05, 0.1) is 0 Å². The van der Waals surface area contributed by atoms with E-state index in [1.165, 1.54) is 12.8 Å². The molecular weight excluding hydrogens is 316 g/mol. The molecule has 4 rings (SSSR count). The maximum Gasteiger partial charge on any atom is 0.272 e. The average Bonchev–Trinajstić information content (AvgIpc) is 3.48. The van der Waals surface area contributed by atoms with Gasteiger partial charge in [0.2, 0.25) is 5.91 Å². The molecule has 1 N–H and O–H groups in total. The van der Waals surface area contributed by atoms with Gasteiger partial charge >= 0.3 is 0 Å². The van der Waals surface area contributed by atoms with Crippen molar-refractivity contribution >= 4 is 11.8 Å². The van der Waals surface area contributed by atoms with Gasteiger partial charge in [-0.25, -0.2) is 0 Å². The lowest BCUT2D eigenvalue weighted by Crippen LogP contribution is -2.54. The van der Waals surface area contributed by atoms with Crippen molar-refractivity contribution in [2.24, 2.45) is 18.9 Å². The van der Waals surface area contributed by atoms with E-state index < -0.39 is 0 Å². The Bertz CT molecular complexity index is 698. The van der Waals surface area contributed by atoms with E-state index in [9.17, 15) is 9.59 Å². The number of carbonyl (C=O) groups is 2. The number of aromatic nitrogens is 2. The molecule has 2 aliphatic carbocycles. The van der Waals surface area contributed by atoms with E-state index in [2.05, 4.69) is 24.3 Å². The Balaban J connectivity index is 1.35. The highest BCUT2D eigenvalue weighted by molar-refractivity contribution is 5.93. The lowest BCUT2D eigenvalue weighted by molar-refractivity contribution is -0.134. The van der Waals surface area contributed by atoms with Gasteiger partial charge in [0.1, 0.15) is 5.69 Å². The largest absolute Gasteiger partial charge is 0.345 e. The molecule has 3 fully saturated rings. The number of nitrogens with one attached hydrogen (secondary N) is 1. The summed E-state index contributed by atoms with van der Waals surface area (Å²) in [6.07, 6.45) is 5.03. The Morgan fingerprint density at radius 3 is 2.48 bits per heavy atom. The first-order valence-corrected chi connectivity index (χ1v) is 9.51. The number of hydrogen-bond donors (Lipinski definition) is 1. The minimum atomic E-state index is -0.264. The van der Waals surface area contributed by atoms with Crippen LogP contribution in [0.15, 0.2) is 6.07 Å². The SMILES string of the molecule is CC1CC1C(=O)N1CCC(C)(NC(=O)c2cc(C3CC3)n(C)n2)CC1. The molecule has 3 aliphatic rings. The van der Waals surface area contributed by atoms with Crippen molar-refractivity contribution in [1.29, 1.82) is 0 Å². The van der Waals surface area contributed by atoms with Crippen LogP contribution >= 0.6 is 0 Å². The molecule has 25 heavy (non-hydrogen) atoms. The molecule has 6 nitrogen and oxygen atoms in total. The summed E-state index contributed by atoms with van der Waals surface area (Å²) in [5.41, 5.74) is 1.41. The van der Waals surface area contributed by atoms with Crippen LogP contribution in [-0.4, -0.2) is 45.1 Å². The van der Waals surface area contributed by atoms with Crippen LogP contribution in [-0.2, 0) is 11.8 Å². The van der Waals surface area contributed by atoms with Crippen LogP contribution in [0.1, 0.15) is 68.1 Å². The predicted molar refractivity (Wildman–Crippen MR) is 94.1 cm³/mol. The summed E-state index contributed by atoms with van der Waals surface area (Å²) >= 11 is 0. The molecule has 2 saturated carbocycles. The highest BCUT2D eigenvalue weighted by atomic mass is 16.2. The first-order chi connectivity index (χ1) is 11.9. The molecule has 1 saturated heterocycles. The van der Waals surface area contributed by atoms with Gasteiger partial charge in [0.25, 0.3) is 5.91 Å². The smallest absolute Gasteiger partial charge is 0.272 e. The van der Waals surface area contributed by atoms with Gasteiger partial charge in [-0.1, -0.05) is 6.92 Å². The Morgan fingerprint density at radius 2 is 1.92 bits per heavy atom. The van der Waals surface area contributed by atoms with E-state index in [1.54, 1.807) is 0 Å². The monoisotopic (exact) mass is 344 g/mol. The number of carbonyl (C=O) groups excluding carboxylic acids is 2. The van der Waals surface area contributed by atoms with Crippen LogP contribution in [0.4, 0.5) is 0 Å². The van der Waals surface area contributed by atoms with Crippen molar-refractivity contribution in [2.45, 2.75) is 57.4 Å². The highest BCUT2D eigenvalue weighted by Crippen LogP contribution is 2.41. The number of aryl methyl sites for hydroxylation is 1. The van der Waals surface area contributed by atoms with Gasteiger partial charge in [-0.15, -0.1) is 0 Å². The van der Waals surface area contributed by atoms with E-state index in [1.807, 2.05) is 22.7 Å². The number of amides is 2. The first kappa shape index (κ1) is 16.6. The highest BCUT2D eigenvalue weighted by Gasteiger charge is 2.43. The van der Waals surface area contributed by atoms with Crippen LogP contribution in [0.5, 0.6) is 0 Å². The van der Waals surface area contributed by atoms with Crippen LogP contribution in [0, 0.1) is 11.8 Å². The molecule has 0 spiro atoms. The maximum absolute atomic E-state index is 12.6. The number of hydrogen-bond acceptors (Lipinski definition) is 3. The Labute approximate surface area is 148 Å². The summed E-state index contributed by atoms with van der Waals surface area (Å²) in [7, 11) is 1.91. The van der Waals surface area contributed by atoms with Gasteiger partial charge in [-0.3, -0.25) is 14.3 Å². The van der Waals surface area contributed by atoms with Crippen molar-refractivity contribution in [3.8, 4) is 0 Å². The third-order valence-corrected chi connectivity index (χ3v) is 6.16. The number of rotatable bonds is 4. The second kappa shape index (κ2) is 5.85. The summed E-state index contributed by atoms with van der Waals surface area (Å²) < 4.78 is 1.84. The van der Waals surface area contributed by atoms with E-state index in [4.69, 9.17) is 0 Å². The van der Waals surface area contributed by atoms with E-state index in [0.29, 0.717) is 23.4 Å². The Kier molecular flexibility index (Phi) is 3.89. The molecule has 6 heteroatoms. The van der Waals surface area contributed by atoms with E-state index >= 15 is 0 Å². The molecule has 2 heterocycles. The second-order valence-corrected chi connectivity index (χ2v) is 8.51. The van der Waals surface area contributed by atoms with Crippen molar-refractivity contribution < 1.29 is 9.59 Å². The molecule has 2 amide bonds. The third-order valence-electron chi connectivity index (χ3n) is 6.16. The summed E-state index contributed by atoms with van der Waals surface area (Å²) in [5, 5.41) is 7.56. The fourth-order valence-corrected chi connectivity index (χ4v) is 3.94. The molecular formula is C19H28N4O2. The molecule has 0 radical (unpaired) electrons. The lowest BCUT2D eigenvalue weighted by atomic mass is 9.89. The first-order valence-electron chi connectivity index (χ1n) is 9.51. The van der Waals surface area contributed by atoms with Gasteiger partial charge in [-0.2, -0.15) is 5.10 Å². The van der Waals surface area contributed by atoms with Gasteiger partial charge < -0.3 is 10.2 Å². The maximum atomic E-state index is 12.6.